The van der Waals surface area contributed by atoms with Gasteiger partial charge in [0.25, 0.3) is 0 Å². The highest BCUT2D eigenvalue weighted by molar-refractivity contribution is 5.66. The van der Waals surface area contributed by atoms with Gasteiger partial charge in [-0.25, -0.2) is 0 Å². The summed E-state index contributed by atoms with van der Waals surface area (Å²) in [4.78, 5) is 2.62. The fourth-order valence-electron chi connectivity index (χ4n) is 4.26. The first-order valence-electron chi connectivity index (χ1n) is 10.6. The summed E-state index contributed by atoms with van der Waals surface area (Å²) >= 11 is 0. The number of aromatic nitrogens is 4. The van der Waals surface area contributed by atoms with Crippen LogP contribution < -0.4 is 5.32 Å². The Morgan fingerprint density at radius 3 is 2.86 bits per heavy atom. The Morgan fingerprint density at radius 1 is 1.11 bits per heavy atom. The number of hydrogen-bond acceptors (Lipinski definition) is 5. The number of rotatable bonds is 7. The van der Waals surface area contributed by atoms with E-state index in [0.29, 0.717) is 11.8 Å². The molecule has 3 aromatic rings. The Hall–Kier alpha value is -2.47. The maximum Gasteiger partial charge on any atom is 0.200 e. The van der Waals surface area contributed by atoms with Gasteiger partial charge < -0.3 is 10.2 Å². The fourth-order valence-corrected chi connectivity index (χ4v) is 4.26. The fraction of sp³-hybridized carbons (Fsp3) is 0.500. The number of fused-ring (bicyclic) bond motifs is 1. The third kappa shape index (κ3) is 4.02. The standard InChI is InChI=1S/C22H28N6/c1-2-5-17(6-3-1)10-12-27-11-4-7-18(15-27)14-23-21-13-20(19-8-9-19)26-28-16-24-25-22(21)28/h1-3,5-6,13,16,18-19,23H,4,7-12,14-15H2. The highest BCUT2D eigenvalue weighted by Gasteiger charge is 2.27. The molecule has 2 fully saturated rings. The van der Waals surface area contributed by atoms with Crippen molar-refractivity contribution in [2.75, 3.05) is 31.5 Å². The molecule has 5 rings (SSSR count). The number of hydrogen-bond donors (Lipinski definition) is 1. The number of anilines is 1. The van der Waals surface area contributed by atoms with Crippen LogP contribution in [-0.2, 0) is 6.42 Å². The predicted molar refractivity (Wildman–Crippen MR) is 111 cm³/mol. The molecule has 0 spiro atoms. The lowest BCUT2D eigenvalue weighted by Gasteiger charge is -2.33. The molecule has 1 unspecified atom stereocenters. The summed E-state index contributed by atoms with van der Waals surface area (Å²) in [6.45, 7) is 4.52. The Balaban J connectivity index is 1.19. The number of nitrogens with zero attached hydrogens (tertiary/aromatic N) is 5. The van der Waals surface area contributed by atoms with Crippen molar-refractivity contribution in [2.45, 2.75) is 38.0 Å². The van der Waals surface area contributed by atoms with Crippen LogP contribution in [0.25, 0.3) is 5.65 Å². The largest absolute Gasteiger partial charge is 0.382 e. The first-order chi connectivity index (χ1) is 13.8. The predicted octanol–water partition coefficient (Wildman–Crippen LogP) is 3.37. The van der Waals surface area contributed by atoms with Gasteiger partial charge in [-0.3, -0.25) is 0 Å². The zero-order chi connectivity index (χ0) is 18.8. The minimum Gasteiger partial charge on any atom is -0.382 e. The van der Waals surface area contributed by atoms with Gasteiger partial charge in [0.15, 0.2) is 0 Å². The summed E-state index contributed by atoms with van der Waals surface area (Å²) in [7, 11) is 0. The summed E-state index contributed by atoms with van der Waals surface area (Å²) in [6, 6.07) is 13.0. The van der Waals surface area contributed by atoms with Crippen LogP contribution in [0.5, 0.6) is 0 Å². The second-order valence-electron chi connectivity index (χ2n) is 8.28. The quantitative estimate of drug-likeness (QED) is 0.685. The van der Waals surface area contributed by atoms with Crippen LogP contribution in [0.3, 0.4) is 0 Å². The Bertz CT molecular complexity index is 917. The molecule has 0 amide bonds. The minimum atomic E-state index is 0.621. The van der Waals surface area contributed by atoms with E-state index in [2.05, 4.69) is 61.9 Å². The summed E-state index contributed by atoms with van der Waals surface area (Å²) in [5.74, 6) is 1.29. The molecule has 1 aromatic carbocycles. The molecule has 0 radical (unpaired) electrons. The summed E-state index contributed by atoms with van der Waals surface area (Å²) < 4.78 is 1.82. The van der Waals surface area contributed by atoms with Crippen molar-refractivity contribution in [3.05, 3.63) is 54.0 Å². The van der Waals surface area contributed by atoms with Gasteiger partial charge >= 0.3 is 0 Å². The molecule has 3 heterocycles. The second kappa shape index (κ2) is 7.87. The van der Waals surface area contributed by atoms with Crippen LogP contribution >= 0.6 is 0 Å². The molecule has 1 N–H and O–H groups in total. The van der Waals surface area contributed by atoms with Crippen molar-refractivity contribution in [1.29, 1.82) is 0 Å². The van der Waals surface area contributed by atoms with E-state index in [1.54, 1.807) is 6.33 Å². The van der Waals surface area contributed by atoms with Gasteiger partial charge in [0.1, 0.15) is 6.33 Å². The first-order valence-corrected chi connectivity index (χ1v) is 10.6. The van der Waals surface area contributed by atoms with E-state index < -0.39 is 0 Å². The molecule has 1 saturated carbocycles. The smallest absolute Gasteiger partial charge is 0.200 e. The van der Waals surface area contributed by atoms with Crippen LogP contribution in [0.2, 0.25) is 0 Å². The van der Waals surface area contributed by atoms with E-state index in [9.17, 15) is 0 Å². The lowest BCUT2D eigenvalue weighted by molar-refractivity contribution is 0.182. The summed E-state index contributed by atoms with van der Waals surface area (Å²) in [6.07, 6.45) is 7.91. The zero-order valence-electron chi connectivity index (χ0n) is 16.3. The molecular weight excluding hydrogens is 348 g/mol. The molecule has 1 aliphatic heterocycles. The van der Waals surface area contributed by atoms with E-state index in [1.807, 2.05) is 4.52 Å². The number of nitrogens with one attached hydrogen (secondary N) is 1. The van der Waals surface area contributed by atoms with E-state index in [0.717, 1.165) is 30.8 Å². The topological polar surface area (TPSA) is 58.4 Å². The lowest BCUT2D eigenvalue weighted by Crippen LogP contribution is -2.39. The molecule has 146 valence electrons. The van der Waals surface area contributed by atoms with Gasteiger partial charge in [-0.05, 0) is 56.2 Å². The van der Waals surface area contributed by atoms with Crippen LogP contribution in [0.15, 0.2) is 42.7 Å². The van der Waals surface area contributed by atoms with Crippen LogP contribution in [-0.4, -0.2) is 50.9 Å². The average molecular weight is 377 g/mol. The van der Waals surface area contributed by atoms with Crippen LogP contribution in [0.4, 0.5) is 5.69 Å². The monoisotopic (exact) mass is 376 g/mol. The van der Waals surface area contributed by atoms with Gasteiger partial charge in [-0.1, -0.05) is 30.3 Å². The highest BCUT2D eigenvalue weighted by Crippen LogP contribution is 2.39. The second-order valence-corrected chi connectivity index (χ2v) is 8.28. The van der Waals surface area contributed by atoms with Crippen molar-refractivity contribution in [2.24, 2.45) is 5.92 Å². The molecule has 0 bridgehead atoms. The van der Waals surface area contributed by atoms with E-state index in [-0.39, 0.29) is 0 Å². The van der Waals surface area contributed by atoms with E-state index >= 15 is 0 Å². The SMILES string of the molecule is c1ccc(CCN2CCCC(CNc3cc(C4CC4)nn4cnnc34)C2)cc1. The lowest BCUT2D eigenvalue weighted by atomic mass is 9.97. The zero-order valence-corrected chi connectivity index (χ0v) is 16.3. The van der Waals surface area contributed by atoms with Gasteiger partial charge in [0, 0.05) is 25.6 Å². The Labute approximate surface area is 166 Å². The summed E-state index contributed by atoms with van der Waals surface area (Å²) in [5.41, 5.74) is 4.52. The van der Waals surface area contributed by atoms with Gasteiger partial charge in [-0.15, -0.1) is 10.2 Å². The third-order valence-corrected chi connectivity index (χ3v) is 6.03. The number of benzene rings is 1. The molecule has 1 atom stereocenters. The minimum absolute atomic E-state index is 0.621. The Kier molecular flexibility index (Phi) is 4.95. The Morgan fingerprint density at radius 2 is 2.00 bits per heavy atom. The third-order valence-electron chi connectivity index (χ3n) is 6.03. The highest BCUT2D eigenvalue weighted by atomic mass is 15.3. The maximum atomic E-state index is 4.66. The van der Waals surface area contributed by atoms with Crippen LogP contribution in [0, 0.1) is 5.92 Å². The van der Waals surface area contributed by atoms with Gasteiger partial charge in [-0.2, -0.15) is 9.61 Å². The normalized spacial score (nSPS) is 20.5. The van der Waals surface area contributed by atoms with Crippen molar-refractivity contribution < 1.29 is 0 Å². The van der Waals surface area contributed by atoms with Gasteiger partial charge in [0.05, 0.1) is 11.4 Å². The molecule has 2 aromatic heterocycles. The maximum absolute atomic E-state index is 4.66. The molecule has 1 saturated heterocycles. The first kappa shape index (κ1) is 17.6. The molecule has 6 nitrogen and oxygen atoms in total. The molecule has 28 heavy (non-hydrogen) atoms. The average Bonchev–Trinajstić information content (AvgIpc) is 3.49. The molecule has 1 aliphatic carbocycles. The van der Waals surface area contributed by atoms with Crippen molar-refractivity contribution in [1.82, 2.24) is 24.7 Å². The number of likely N-dealkylation sites (tertiary alicyclic amines) is 1. The van der Waals surface area contributed by atoms with Crippen molar-refractivity contribution in [3.63, 3.8) is 0 Å². The molecule has 2 aliphatic rings. The van der Waals surface area contributed by atoms with Crippen molar-refractivity contribution >= 4 is 11.3 Å². The van der Waals surface area contributed by atoms with E-state index in [4.69, 9.17) is 0 Å². The van der Waals surface area contributed by atoms with Gasteiger partial charge in [0.2, 0.25) is 5.65 Å². The number of piperidine rings is 1. The molecule has 6 heteroatoms. The van der Waals surface area contributed by atoms with Crippen LogP contribution in [0.1, 0.15) is 42.9 Å². The summed E-state index contributed by atoms with van der Waals surface area (Å²) in [5, 5.41) is 16.6. The molecular formula is C22H28N6. The van der Waals surface area contributed by atoms with Crippen molar-refractivity contribution in [3.8, 4) is 0 Å². The van der Waals surface area contributed by atoms with E-state index in [1.165, 1.54) is 50.0 Å².